The third kappa shape index (κ3) is 3.05. The first-order valence-electron chi connectivity index (χ1n) is 6.16. The van der Waals surface area contributed by atoms with Crippen LogP contribution in [-0.4, -0.2) is 6.54 Å². The predicted molar refractivity (Wildman–Crippen MR) is 85.9 cm³/mol. The molecule has 2 heterocycles. The molecule has 1 N–H and O–H groups in total. The fourth-order valence-electron chi connectivity index (χ4n) is 2.06. The smallest absolute Gasteiger partial charge is 0.0704 e. The highest BCUT2D eigenvalue weighted by atomic mass is 79.9. The molecule has 18 heavy (non-hydrogen) atoms. The first-order valence-corrected chi connectivity index (χ1v) is 8.65. The first-order chi connectivity index (χ1) is 8.63. The molecule has 0 aliphatic heterocycles. The Kier molecular flexibility index (Phi) is 5.01. The summed E-state index contributed by atoms with van der Waals surface area (Å²) in [5.41, 5.74) is 2.79. The molecule has 0 fully saturated rings. The van der Waals surface area contributed by atoms with Gasteiger partial charge in [-0.1, -0.05) is 6.92 Å². The largest absolute Gasteiger partial charge is 0.306 e. The Balaban J connectivity index is 2.37. The molecule has 0 radical (unpaired) electrons. The number of nitrogens with one attached hydrogen (secondary N) is 1. The fraction of sp³-hybridized carbons (Fsp3) is 0.429. The van der Waals surface area contributed by atoms with Crippen LogP contribution in [0.15, 0.2) is 21.3 Å². The van der Waals surface area contributed by atoms with Crippen molar-refractivity contribution < 1.29 is 0 Å². The lowest BCUT2D eigenvalue weighted by molar-refractivity contribution is 0.603. The Bertz CT molecular complexity index is 516. The number of halogens is 1. The van der Waals surface area contributed by atoms with E-state index in [-0.39, 0.29) is 0 Å². The molecule has 1 unspecified atom stereocenters. The molecule has 0 saturated carbocycles. The molecular weight excluding hydrogens is 326 g/mol. The van der Waals surface area contributed by atoms with Gasteiger partial charge in [0.05, 0.1) is 9.83 Å². The first kappa shape index (κ1) is 14.3. The molecule has 1 atom stereocenters. The number of rotatable bonds is 5. The molecule has 0 aliphatic carbocycles. The van der Waals surface area contributed by atoms with Crippen molar-refractivity contribution in [2.75, 3.05) is 6.54 Å². The van der Waals surface area contributed by atoms with E-state index in [0.29, 0.717) is 6.04 Å². The van der Waals surface area contributed by atoms with E-state index in [1.807, 2.05) is 22.7 Å². The fourth-order valence-corrected chi connectivity index (χ4v) is 4.83. The lowest BCUT2D eigenvalue weighted by Gasteiger charge is -2.18. The molecule has 0 saturated heterocycles. The minimum atomic E-state index is 0.340. The molecule has 0 bridgehead atoms. The van der Waals surface area contributed by atoms with Crippen molar-refractivity contribution in [3.05, 3.63) is 42.2 Å². The summed E-state index contributed by atoms with van der Waals surface area (Å²) in [6.45, 7) is 7.66. The topological polar surface area (TPSA) is 12.0 Å². The van der Waals surface area contributed by atoms with Crippen molar-refractivity contribution >= 4 is 38.6 Å². The van der Waals surface area contributed by atoms with Crippen molar-refractivity contribution in [2.45, 2.75) is 33.2 Å². The van der Waals surface area contributed by atoms with Gasteiger partial charge in [0, 0.05) is 9.75 Å². The number of hydrogen-bond acceptors (Lipinski definition) is 3. The second-order valence-electron chi connectivity index (χ2n) is 4.42. The lowest BCUT2D eigenvalue weighted by atomic mass is 10.0. The van der Waals surface area contributed by atoms with Crippen molar-refractivity contribution in [1.29, 1.82) is 0 Å². The minimum absolute atomic E-state index is 0.340. The van der Waals surface area contributed by atoms with Crippen LogP contribution in [0.2, 0.25) is 0 Å². The van der Waals surface area contributed by atoms with Crippen LogP contribution in [0.1, 0.15) is 40.3 Å². The molecule has 2 aromatic heterocycles. The van der Waals surface area contributed by atoms with Crippen LogP contribution in [0, 0.1) is 13.8 Å². The number of thiophene rings is 2. The molecular formula is C14H18BrNS2. The van der Waals surface area contributed by atoms with Gasteiger partial charge in [-0.05, 0) is 71.4 Å². The Morgan fingerprint density at radius 3 is 2.67 bits per heavy atom. The molecule has 0 spiro atoms. The zero-order valence-corrected chi connectivity index (χ0v) is 14.1. The van der Waals surface area contributed by atoms with Gasteiger partial charge in [0.2, 0.25) is 0 Å². The molecule has 0 aliphatic rings. The van der Waals surface area contributed by atoms with Gasteiger partial charge >= 0.3 is 0 Å². The lowest BCUT2D eigenvalue weighted by Crippen LogP contribution is -2.23. The summed E-state index contributed by atoms with van der Waals surface area (Å²) in [5.74, 6) is 0. The van der Waals surface area contributed by atoms with Crippen molar-refractivity contribution in [2.24, 2.45) is 0 Å². The SMILES string of the molecule is CCCNC(c1cc(Br)sc1C)c1sccc1C. The second-order valence-corrected chi connectivity index (χ2v) is 8.00. The van der Waals surface area contributed by atoms with E-state index in [1.165, 1.54) is 24.7 Å². The zero-order chi connectivity index (χ0) is 13.1. The molecule has 4 heteroatoms. The minimum Gasteiger partial charge on any atom is -0.306 e. The van der Waals surface area contributed by atoms with E-state index < -0.39 is 0 Å². The van der Waals surface area contributed by atoms with E-state index in [9.17, 15) is 0 Å². The third-order valence-electron chi connectivity index (χ3n) is 3.00. The van der Waals surface area contributed by atoms with Crippen LogP contribution in [0.4, 0.5) is 0 Å². The van der Waals surface area contributed by atoms with E-state index in [1.54, 1.807) is 0 Å². The zero-order valence-electron chi connectivity index (χ0n) is 10.9. The van der Waals surface area contributed by atoms with Crippen molar-refractivity contribution in [3.8, 4) is 0 Å². The van der Waals surface area contributed by atoms with Gasteiger partial charge in [0.25, 0.3) is 0 Å². The van der Waals surface area contributed by atoms with Gasteiger partial charge < -0.3 is 5.32 Å². The van der Waals surface area contributed by atoms with Crippen LogP contribution < -0.4 is 5.32 Å². The maximum Gasteiger partial charge on any atom is 0.0704 e. The summed E-state index contributed by atoms with van der Waals surface area (Å²) < 4.78 is 1.22. The number of hydrogen-bond donors (Lipinski definition) is 1. The van der Waals surface area contributed by atoms with Gasteiger partial charge in [-0.15, -0.1) is 22.7 Å². The van der Waals surface area contributed by atoms with E-state index in [4.69, 9.17) is 0 Å². The molecule has 0 aromatic carbocycles. The van der Waals surface area contributed by atoms with E-state index in [2.05, 4.69) is 59.5 Å². The second kappa shape index (κ2) is 6.33. The van der Waals surface area contributed by atoms with E-state index in [0.717, 1.165) is 13.0 Å². The average molecular weight is 344 g/mol. The van der Waals surface area contributed by atoms with Gasteiger partial charge in [0.15, 0.2) is 0 Å². The van der Waals surface area contributed by atoms with Crippen LogP contribution in [0.25, 0.3) is 0 Å². The highest BCUT2D eigenvalue weighted by molar-refractivity contribution is 9.11. The average Bonchev–Trinajstić information content (AvgIpc) is 2.87. The van der Waals surface area contributed by atoms with Crippen LogP contribution >= 0.6 is 38.6 Å². The summed E-state index contributed by atoms with van der Waals surface area (Å²) in [6, 6.07) is 4.80. The maximum absolute atomic E-state index is 3.68. The van der Waals surface area contributed by atoms with Gasteiger partial charge in [-0.3, -0.25) is 0 Å². The van der Waals surface area contributed by atoms with Crippen LogP contribution in [0.3, 0.4) is 0 Å². The summed E-state index contributed by atoms with van der Waals surface area (Å²) >= 11 is 7.26. The maximum atomic E-state index is 3.68. The third-order valence-corrected chi connectivity index (χ3v) is 5.65. The van der Waals surface area contributed by atoms with Crippen molar-refractivity contribution in [1.82, 2.24) is 5.32 Å². The van der Waals surface area contributed by atoms with E-state index >= 15 is 0 Å². The summed E-state index contributed by atoms with van der Waals surface area (Å²) in [7, 11) is 0. The number of aryl methyl sites for hydroxylation is 2. The van der Waals surface area contributed by atoms with Gasteiger partial charge in [-0.2, -0.15) is 0 Å². The summed E-state index contributed by atoms with van der Waals surface area (Å²) in [6.07, 6.45) is 1.16. The standard InChI is InChI=1S/C14H18BrNS2/c1-4-6-16-13(14-9(2)5-7-17-14)11-8-12(15)18-10(11)3/h5,7-8,13,16H,4,6H2,1-3H3. The normalized spacial score (nSPS) is 12.9. The Morgan fingerprint density at radius 1 is 1.39 bits per heavy atom. The molecule has 98 valence electrons. The van der Waals surface area contributed by atoms with Gasteiger partial charge in [-0.25, -0.2) is 0 Å². The van der Waals surface area contributed by atoms with Gasteiger partial charge in [0.1, 0.15) is 0 Å². The molecule has 0 amide bonds. The summed E-state index contributed by atoms with van der Waals surface area (Å²) in [5, 5.41) is 5.86. The molecule has 2 aromatic rings. The quantitative estimate of drug-likeness (QED) is 0.778. The van der Waals surface area contributed by atoms with Crippen LogP contribution in [0.5, 0.6) is 0 Å². The Hall–Kier alpha value is -0.160. The highest BCUT2D eigenvalue weighted by Gasteiger charge is 2.20. The van der Waals surface area contributed by atoms with Crippen LogP contribution in [-0.2, 0) is 0 Å². The predicted octanol–water partition coefficient (Wildman–Crippen LogP) is 5.28. The molecule has 2 rings (SSSR count). The monoisotopic (exact) mass is 343 g/mol. The summed E-state index contributed by atoms with van der Waals surface area (Å²) in [4.78, 5) is 2.83. The highest BCUT2D eigenvalue weighted by Crippen LogP contribution is 2.36. The van der Waals surface area contributed by atoms with Crippen molar-refractivity contribution in [3.63, 3.8) is 0 Å². The molecule has 1 nitrogen and oxygen atoms in total. The Morgan fingerprint density at radius 2 is 2.17 bits per heavy atom. The Labute approximate surface area is 125 Å².